The molecule has 1 aliphatic rings. The number of hydrogen-bond donors (Lipinski definition) is 2. The van der Waals surface area contributed by atoms with Crippen LogP contribution in [0, 0.1) is 6.92 Å². The predicted molar refractivity (Wildman–Crippen MR) is 102 cm³/mol. The Morgan fingerprint density at radius 3 is 2.31 bits per heavy atom. The molecule has 9 heteroatoms. The zero-order valence-corrected chi connectivity index (χ0v) is 16.2. The van der Waals surface area contributed by atoms with Crippen molar-refractivity contribution < 1.29 is 19.3 Å². The first-order valence-electron chi connectivity index (χ1n) is 8.54. The van der Waals surface area contributed by atoms with E-state index in [2.05, 4.69) is 19.8 Å². The number of fused-ring (bicyclic) bond motifs is 1. The minimum Gasteiger partial charge on any atom is -0.493 e. The molecule has 1 aromatic carbocycles. The van der Waals surface area contributed by atoms with E-state index in [0.717, 1.165) is 42.9 Å². The minimum atomic E-state index is -1.82. The van der Waals surface area contributed by atoms with E-state index in [-0.39, 0.29) is 0 Å². The third kappa shape index (κ3) is 4.15. The molecule has 1 saturated heterocycles. The predicted octanol–water partition coefficient (Wildman–Crippen LogP) is 1.37. The summed E-state index contributed by atoms with van der Waals surface area (Å²) in [5.41, 5.74) is 0.832. The molecule has 1 aromatic heterocycles. The van der Waals surface area contributed by atoms with Crippen molar-refractivity contribution in [3.8, 4) is 11.5 Å². The summed E-state index contributed by atoms with van der Waals surface area (Å²) in [5.74, 6) is 2.93. The largest absolute Gasteiger partial charge is 0.493 e. The molecule has 2 N–H and O–H groups in total. The zero-order chi connectivity index (χ0) is 18.7. The average molecular weight is 380 g/mol. The molecule has 1 aliphatic heterocycles. The standard InChI is InChI=1S/C17H25N4O4P/c1-12-18-14-11-16(25-3)15(24-2)10-13(14)17(19-12)21-6-4-20(5-7-21)8-9-26(22)23/h10-11,22-23H,4-9H2,1-3H3. The Hall–Kier alpha value is -1.73. The molecule has 0 amide bonds. The maximum absolute atomic E-state index is 9.10. The van der Waals surface area contributed by atoms with Crippen LogP contribution in [-0.4, -0.2) is 77.8 Å². The lowest BCUT2D eigenvalue weighted by atomic mass is 10.1. The normalized spacial score (nSPS) is 15.7. The van der Waals surface area contributed by atoms with Crippen molar-refractivity contribution in [1.29, 1.82) is 0 Å². The van der Waals surface area contributed by atoms with Crippen LogP contribution in [0.1, 0.15) is 5.82 Å². The van der Waals surface area contributed by atoms with Gasteiger partial charge in [0.15, 0.2) is 19.9 Å². The van der Waals surface area contributed by atoms with Gasteiger partial charge in [0, 0.05) is 50.3 Å². The highest BCUT2D eigenvalue weighted by Crippen LogP contribution is 2.35. The Balaban J connectivity index is 1.86. The molecule has 0 radical (unpaired) electrons. The van der Waals surface area contributed by atoms with Crippen LogP contribution in [0.3, 0.4) is 0 Å². The molecule has 26 heavy (non-hydrogen) atoms. The monoisotopic (exact) mass is 380 g/mol. The fraction of sp³-hybridized carbons (Fsp3) is 0.529. The summed E-state index contributed by atoms with van der Waals surface area (Å²) >= 11 is 0. The van der Waals surface area contributed by atoms with Crippen LogP contribution in [-0.2, 0) is 0 Å². The summed E-state index contributed by atoms with van der Waals surface area (Å²) < 4.78 is 10.8. The number of methoxy groups -OCH3 is 2. The highest BCUT2D eigenvalue weighted by atomic mass is 31.2. The maximum Gasteiger partial charge on any atom is 0.166 e. The number of rotatable bonds is 6. The second-order valence-corrected chi connectivity index (χ2v) is 7.44. The molecule has 0 unspecified atom stereocenters. The van der Waals surface area contributed by atoms with Crippen LogP contribution in [0.4, 0.5) is 5.82 Å². The van der Waals surface area contributed by atoms with Crippen LogP contribution >= 0.6 is 8.38 Å². The van der Waals surface area contributed by atoms with Crippen LogP contribution in [0.25, 0.3) is 10.9 Å². The fourth-order valence-corrected chi connectivity index (χ4v) is 3.67. The van der Waals surface area contributed by atoms with E-state index < -0.39 is 8.38 Å². The second-order valence-electron chi connectivity index (χ2n) is 6.24. The van der Waals surface area contributed by atoms with E-state index >= 15 is 0 Å². The molecule has 2 heterocycles. The Kier molecular flexibility index (Phi) is 6.09. The third-order valence-corrected chi connectivity index (χ3v) is 5.18. The van der Waals surface area contributed by atoms with Gasteiger partial charge in [-0.1, -0.05) is 0 Å². The molecule has 8 nitrogen and oxygen atoms in total. The summed E-state index contributed by atoms with van der Waals surface area (Å²) in [7, 11) is 1.41. The SMILES string of the molecule is COc1cc2nc(C)nc(N3CCN(CCP(O)O)CC3)c2cc1OC. The average Bonchev–Trinajstić information content (AvgIpc) is 2.65. The number of anilines is 1. The molecule has 0 saturated carbocycles. The van der Waals surface area contributed by atoms with Gasteiger partial charge in [0.25, 0.3) is 0 Å². The van der Waals surface area contributed by atoms with Gasteiger partial charge in [0.1, 0.15) is 11.6 Å². The summed E-state index contributed by atoms with van der Waals surface area (Å²) in [5, 5.41) is 0.941. The molecule has 2 aromatic rings. The van der Waals surface area contributed by atoms with Crippen molar-refractivity contribution in [2.75, 3.05) is 58.0 Å². The minimum absolute atomic E-state index is 0.432. The van der Waals surface area contributed by atoms with E-state index in [1.165, 1.54) is 0 Å². The Labute approximate surface area is 154 Å². The first kappa shape index (κ1) is 19.0. The van der Waals surface area contributed by atoms with Gasteiger partial charge in [0.05, 0.1) is 19.7 Å². The number of piperazine rings is 1. The zero-order valence-electron chi connectivity index (χ0n) is 15.3. The lowest BCUT2D eigenvalue weighted by Gasteiger charge is -2.36. The smallest absolute Gasteiger partial charge is 0.166 e. The Bertz CT molecular complexity index is 766. The van der Waals surface area contributed by atoms with Crippen molar-refractivity contribution in [3.63, 3.8) is 0 Å². The lowest BCUT2D eigenvalue weighted by Crippen LogP contribution is -2.47. The van der Waals surface area contributed by atoms with Gasteiger partial charge in [-0.15, -0.1) is 0 Å². The Morgan fingerprint density at radius 1 is 1.04 bits per heavy atom. The van der Waals surface area contributed by atoms with Gasteiger partial charge in [-0.05, 0) is 13.0 Å². The number of ether oxygens (including phenoxy) is 2. The van der Waals surface area contributed by atoms with Crippen molar-refractivity contribution in [2.45, 2.75) is 6.92 Å². The van der Waals surface area contributed by atoms with E-state index in [0.29, 0.717) is 30.0 Å². The van der Waals surface area contributed by atoms with Gasteiger partial charge in [-0.3, -0.25) is 4.90 Å². The molecule has 0 bridgehead atoms. The number of nitrogens with zero attached hydrogens (tertiary/aromatic N) is 4. The van der Waals surface area contributed by atoms with Gasteiger partial charge >= 0.3 is 0 Å². The van der Waals surface area contributed by atoms with Crippen molar-refractivity contribution >= 4 is 25.1 Å². The van der Waals surface area contributed by atoms with Crippen LogP contribution in [0.15, 0.2) is 12.1 Å². The summed E-state index contributed by atoms with van der Waals surface area (Å²) in [6, 6.07) is 3.81. The molecular weight excluding hydrogens is 355 g/mol. The van der Waals surface area contributed by atoms with Crippen LogP contribution in [0.2, 0.25) is 0 Å². The van der Waals surface area contributed by atoms with E-state index in [1.54, 1.807) is 14.2 Å². The van der Waals surface area contributed by atoms with Gasteiger partial charge in [-0.25, -0.2) is 9.97 Å². The third-order valence-electron chi connectivity index (χ3n) is 4.58. The number of aryl methyl sites for hydroxylation is 1. The topological polar surface area (TPSA) is 91.2 Å². The van der Waals surface area contributed by atoms with Crippen molar-refractivity contribution in [3.05, 3.63) is 18.0 Å². The Morgan fingerprint density at radius 2 is 1.69 bits per heavy atom. The van der Waals surface area contributed by atoms with Gasteiger partial charge < -0.3 is 24.2 Å². The van der Waals surface area contributed by atoms with Crippen molar-refractivity contribution in [1.82, 2.24) is 14.9 Å². The highest BCUT2D eigenvalue weighted by molar-refractivity contribution is 7.45. The number of aromatic nitrogens is 2. The first-order valence-corrected chi connectivity index (χ1v) is 9.98. The lowest BCUT2D eigenvalue weighted by molar-refractivity contribution is 0.269. The summed E-state index contributed by atoms with van der Waals surface area (Å²) in [6.45, 7) is 5.98. The van der Waals surface area contributed by atoms with E-state index in [9.17, 15) is 0 Å². The van der Waals surface area contributed by atoms with Gasteiger partial charge in [-0.2, -0.15) is 0 Å². The quantitative estimate of drug-likeness (QED) is 0.727. The molecular formula is C17H25N4O4P. The van der Waals surface area contributed by atoms with E-state index in [1.807, 2.05) is 19.1 Å². The van der Waals surface area contributed by atoms with Crippen LogP contribution < -0.4 is 14.4 Å². The van der Waals surface area contributed by atoms with Crippen molar-refractivity contribution in [2.24, 2.45) is 0 Å². The first-order chi connectivity index (χ1) is 12.5. The molecule has 0 spiro atoms. The fourth-order valence-electron chi connectivity index (χ4n) is 3.21. The van der Waals surface area contributed by atoms with Crippen LogP contribution in [0.5, 0.6) is 11.5 Å². The molecule has 1 fully saturated rings. The molecule has 3 rings (SSSR count). The number of benzene rings is 1. The number of hydrogen-bond acceptors (Lipinski definition) is 8. The van der Waals surface area contributed by atoms with Gasteiger partial charge in [0.2, 0.25) is 0 Å². The highest BCUT2D eigenvalue weighted by Gasteiger charge is 2.22. The second kappa shape index (κ2) is 8.31. The maximum atomic E-state index is 9.10. The summed E-state index contributed by atoms with van der Waals surface area (Å²) in [6.07, 6.45) is 0.432. The van der Waals surface area contributed by atoms with E-state index in [4.69, 9.17) is 19.3 Å². The summed E-state index contributed by atoms with van der Waals surface area (Å²) in [4.78, 5) is 31.9. The molecule has 0 aliphatic carbocycles. The molecule has 142 valence electrons. The molecule has 0 atom stereocenters.